The first kappa shape index (κ1) is 14.5. The van der Waals surface area contributed by atoms with E-state index in [9.17, 15) is 0 Å². The van der Waals surface area contributed by atoms with Crippen LogP contribution in [0.25, 0.3) is 0 Å². The van der Waals surface area contributed by atoms with Gasteiger partial charge in [0.15, 0.2) is 11.5 Å². The van der Waals surface area contributed by atoms with Crippen LogP contribution in [-0.2, 0) is 0 Å². The van der Waals surface area contributed by atoms with Crippen molar-refractivity contribution in [2.45, 2.75) is 24.1 Å². The summed E-state index contributed by atoms with van der Waals surface area (Å²) in [6, 6.07) is 16.8. The Labute approximate surface area is 134 Å². The molecule has 2 nitrogen and oxygen atoms in total. The zero-order valence-corrected chi connectivity index (χ0v) is 13.7. The number of halogens is 1. The molecule has 3 heteroatoms. The molecule has 1 aliphatic rings. The SMILES string of the molecule is CC(c1ccccc1)C(Br)c1ccc2c(c1)OCCCO2. The van der Waals surface area contributed by atoms with Crippen molar-refractivity contribution in [3.63, 3.8) is 0 Å². The molecular weight excluding hydrogens is 328 g/mol. The zero-order chi connectivity index (χ0) is 14.7. The molecule has 0 fully saturated rings. The van der Waals surface area contributed by atoms with Crippen molar-refractivity contribution in [1.29, 1.82) is 0 Å². The van der Waals surface area contributed by atoms with Crippen LogP contribution in [0.3, 0.4) is 0 Å². The molecule has 3 rings (SSSR count). The summed E-state index contributed by atoms with van der Waals surface area (Å²) >= 11 is 3.84. The van der Waals surface area contributed by atoms with E-state index in [1.165, 1.54) is 11.1 Å². The van der Waals surface area contributed by atoms with Gasteiger partial charge in [0.25, 0.3) is 0 Å². The van der Waals surface area contributed by atoms with Crippen molar-refractivity contribution in [3.05, 3.63) is 59.7 Å². The largest absolute Gasteiger partial charge is 0.490 e. The van der Waals surface area contributed by atoms with Gasteiger partial charge in [-0.2, -0.15) is 0 Å². The third-order valence-electron chi connectivity index (χ3n) is 3.85. The van der Waals surface area contributed by atoms with Crippen LogP contribution in [0.5, 0.6) is 11.5 Å². The molecule has 2 aromatic rings. The van der Waals surface area contributed by atoms with Gasteiger partial charge < -0.3 is 9.47 Å². The highest BCUT2D eigenvalue weighted by Gasteiger charge is 2.20. The summed E-state index contributed by atoms with van der Waals surface area (Å²) in [7, 11) is 0. The third kappa shape index (κ3) is 3.24. The number of hydrogen-bond donors (Lipinski definition) is 0. The molecule has 0 saturated heterocycles. The highest BCUT2D eigenvalue weighted by Crippen LogP contribution is 2.41. The number of fused-ring (bicyclic) bond motifs is 1. The summed E-state index contributed by atoms with van der Waals surface area (Å²) in [4.78, 5) is 0.247. The molecule has 0 bridgehead atoms. The van der Waals surface area contributed by atoms with E-state index in [0.29, 0.717) is 5.92 Å². The number of benzene rings is 2. The maximum atomic E-state index is 5.78. The summed E-state index contributed by atoms with van der Waals surface area (Å²) in [5.74, 6) is 2.09. The molecular formula is C18H19BrO2. The van der Waals surface area contributed by atoms with Crippen molar-refractivity contribution in [3.8, 4) is 11.5 Å². The second-order valence-corrected chi connectivity index (χ2v) is 6.34. The van der Waals surface area contributed by atoms with Crippen LogP contribution in [0.15, 0.2) is 48.5 Å². The third-order valence-corrected chi connectivity index (χ3v) is 5.18. The monoisotopic (exact) mass is 346 g/mol. The van der Waals surface area contributed by atoms with Gasteiger partial charge in [-0.25, -0.2) is 0 Å². The Kier molecular flexibility index (Phi) is 4.49. The first-order chi connectivity index (χ1) is 10.3. The Morgan fingerprint density at radius 2 is 1.62 bits per heavy atom. The summed E-state index contributed by atoms with van der Waals surface area (Å²) in [5, 5.41) is 0. The Morgan fingerprint density at radius 3 is 2.38 bits per heavy atom. The van der Waals surface area contributed by atoms with Gasteiger partial charge in [0.1, 0.15) is 0 Å². The highest BCUT2D eigenvalue weighted by atomic mass is 79.9. The van der Waals surface area contributed by atoms with Gasteiger partial charge in [-0.3, -0.25) is 0 Å². The van der Waals surface area contributed by atoms with Crippen molar-refractivity contribution in [2.24, 2.45) is 0 Å². The molecule has 2 atom stereocenters. The number of alkyl halides is 1. The highest BCUT2D eigenvalue weighted by molar-refractivity contribution is 9.09. The fourth-order valence-electron chi connectivity index (χ4n) is 2.57. The normalized spacial score (nSPS) is 16.9. The Balaban J connectivity index is 1.84. The first-order valence-electron chi connectivity index (χ1n) is 7.34. The maximum Gasteiger partial charge on any atom is 0.161 e. The van der Waals surface area contributed by atoms with Crippen LogP contribution >= 0.6 is 15.9 Å². The van der Waals surface area contributed by atoms with Crippen LogP contribution in [0.1, 0.15) is 35.2 Å². The Hall–Kier alpha value is -1.48. The molecule has 1 heterocycles. The minimum absolute atomic E-state index is 0.247. The van der Waals surface area contributed by atoms with Gasteiger partial charge in [-0.15, -0.1) is 0 Å². The second-order valence-electron chi connectivity index (χ2n) is 5.36. The average molecular weight is 347 g/mol. The van der Waals surface area contributed by atoms with E-state index in [2.05, 4.69) is 59.3 Å². The average Bonchev–Trinajstić information content (AvgIpc) is 2.79. The molecule has 0 spiro atoms. The topological polar surface area (TPSA) is 18.5 Å². The molecule has 2 unspecified atom stereocenters. The van der Waals surface area contributed by atoms with Crippen molar-refractivity contribution in [1.82, 2.24) is 0 Å². The van der Waals surface area contributed by atoms with E-state index in [4.69, 9.17) is 9.47 Å². The molecule has 2 aromatic carbocycles. The summed E-state index contributed by atoms with van der Waals surface area (Å²) in [5.41, 5.74) is 2.54. The quantitative estimate of drug-likeness (QED) is 0.720. The fourth-order valence-corrected chi connectivity index (χ4v) is 3.16. The van der Waals surface area contributed by atoms with E-state index in [-0.39, 0.29) is 4.83 Å². The lowest BCUT2D eigenvalue weighted by Crippen LogP contribution is -2.03. The van der Waals surface area contributed by atoms with E-state index < -0.39 is 0 Å². The number of rotatable bonds is 3. The van der Waals surface area contributed by atoms with Gasteiger partial charge in [0, 0.05) is 11.2 Å². The molecule has 0 N–H and O–H groups in total. The second kappa shape index (κ2) is 6.52. The van der Waals surface area contributed by atoms with Gasteiger partial charge in [0.05, 0.1) is 13.2 Å². The van der Waals surface area contributed by atoms with Gasteiger partial charge >= 0.3 is 0 Å². The predicted molar refractivity (Wildman–Crippen MR) is 88.6 cm³/mol. The van der Waals surface area contributed by atoms with Crippen LogP contribution < -0.4 is 9.47 Å². The van der Waals surface area contributed by atoms with Crippen molar-refractivity contribution < 1.29 is 9.47 Å². The van der Waals surface area contributed by atoms with Gasteiger partial charge in [-0.05, 0) is 29.2 Å². The first-order valence-corrected chi connectivity index (χ1v) is 8.26. The van der Waals surface area contributed by atoms with E-state index in [1.54, 1.807) is 0 Å². The molecule has 110 valence electrons. The zero-order valence-electron chi connectivity index (χ0n) is 12.1. The Bertz CT molecular complexity index is 597. The van der Waals surface area contributed by atoms with Crippen molar-refractivity contribution in [2.75, 3.05) is 13.2 Å². The van der Waals surface area contributed by atoms with Gasteiger partial charge in [-0.1, -0.05) is 59.3 Å². The molecule has 21 heavy (non-hydrogen) atoms. The summed E-state index contributed by atoms with van der Waals surface area (Å²) < 4.78 is 11.5. The fraction of sp³-hybridized carbons (Fsp3) is 0.333. The smallest absolute Gasteiger partial charge is 0.161 e. The van der Waals surface area contributed by atoms with Gasteiger partial charge in [0.2, 0.25) is 0 Å². The lowest BCUT2D eigenvalue weighted by atomic mass is 9.93. The minimum Gasteiger partial charge on any atom is -0.490 e. The lowest BCUT2D eigenvalue weighted by molar-refractivity contribution is 0.297. The van der Waals surface area contributed by atoms with Crippen LogP contribution in [0.4, 0.5) is 0 Å². The number of ether oxygens (including phenoxy) is 2. The van der Waals surface area contributed by atoms with Crippen molar-refractivity contribution >= 4 is 15.9 Å². The van der Waals surface area contributed by atoms with E-state index in [1.807, 2.05) is 12.1 Å². The lowest BCUT2D eigenvalue weighted by Gasteiger charge is -2.20. The minimum atomic E-state index is 0.247. The summed E-state index contributed by atoms with van der Waals surface area (Å²) in [6.07, 6.45) is 0.933. The van der Waals surface area contributed by atoms with Crippen LogP contribution in [-0.4, -0.2) is 13.2 Å². The Morgan fingerprint density at radius 1 is 0.905 bits per heavy atom. The molecule has 0 aliphatic carbocycles. The maximum absolute atomic E-state index is 5.78. The van der Waals surface area contributed by atoms with Crippen LogP contribution in [0.2, 0.25) is 0 Å². The summed E-state index contributed by atoms with van der Waals surface area (Å²) in [6.45, 7) is 3.68. The molecule has 0 saturated carbocycles. The molecule has 0 amide bonds. The van der Waals surface area contributed by atoms with E-state index >= 15 is 0 Å². The molecule has 0 aromatic heterocycles. The number of hydrogen-bond acceptors (Lipinski definition) is 2. The molecule has 1 aliphatic heterocycles. The standard InChI is InChI=1S/C18H19BrO2/c1-13(14-6-3-2-4-7-14)18(19)15-8-9-16-17(12-15)21-11-5-10-20-16/h2-4,6-9,12-13,18H,5,10-11H2,1H3. The predicted octanol–water partition coefficient (Wildman–Crippen LogP) is 5.09. The van der Waals surface area contributed by atoms with Crippen LogP contribution in [0, 0.1) is 0 Å². The van der Waals surface area contributed by atoms with E-state index in [0.717, 1.165) is 31.1 Å². The molecule has 0 radical (unpaired) electrons.